The predicted octanol–water partition coefficient (Wildman–Crippen LogP) is 1.79. The molecule has 0 aromatic carbocycles. The van der Waals surface area contributed by atoms with E-state index in [0.29, 0.717) is 6.42 Å². The summed E-state index contributed by atoms with van der Waals surface area (Å²) in [5.41, 5.74) is -0.285. The number of hydrogen-bond donors (Lipinski definition) is 0. The lowest BCUT2D eigenvalue weighted by atomic mass is 9.82. The zero-order valence-electron chi connectivity index (χ0n) is 9.40. The Kier molecular flexibility index (Phi) is 2.74. The molecule has 0 N–H and O–H groups in total. The van der Waals surface area contributed by atoms with Crippen molar-refractivity contribution in [2.45, 2.75) is 38.2 Å². The minimum atomic E-state index is -0.379. The zero-order chi connectivity index (χ0) is 11.8. The summed E-state index contributed by atoms with van der Waals surface area (Å²) in [7, 11) is 0. The highest BCUT2D eigenvalue weighted by Crippen LogP contribution is 2.43. The van der Waals surface area contributed by atoms with E-state index in [-0.39, 0.29) is 29.4 Å². The molecule has 0 radical (unpaired) electrons. The summed E-state index contributed by atoms with van der Waals surface area (Å²) in [5, 5.41) is 0. The standard InChI is InChI=1S/C12H16O4/c1-3-15-10(13)8-7-9(8)11(14)16-12(2)5-4-6-12/h3,8-9H,1,4-7H2,2H3. The third-order valence-electron chi connectivity index (χ3n) is 3.35. The van der Waals surface area contributed by atoms with Gasteiger partial charge in [-0.25, -0.2) is 0 Å². The van der Waals surface area contributed by atoms with Crippen LogP contribution in [0.1, 0.15) is 32.6 Å². The normalized spacial score (nSPS) is 29.8. The summed E-state index contributed by atoms with van der Waals surface area (Å²) in [6.07, 6.45) is 4.59. The van der Waals surface area contributed by atoms with Gasteiger partial charge in [-0.05, 0) is 32.6 Å². The van der Waals surface area contributed by atoms with Gasteiger partial charge in [-0.15, -0.1) is 0 Å². The van der Waals surface area contributed by atoms with Gasteiger partial charge in [-0.2, -0.15) is 0 Å². The summed E-state index contributed by atoms with van der Waals surface area (Å²) >= 11 is 0. The molecule has 0 aliphatic heterocycles. The Bertz CT molecular complexity index is 330. The third kappa shape index (κ3) is 2.10. The van der Waals surface area contributed by atoms with Gasteiger partial charge in [0, 0.05) is 0 Å². The summed E-state index contributed by atoms with van der Waals surface area (Å²) in [6.45, 7) is 5.24. The molecule has 2 aliphatic carbocycles. The van der Waals surface area contributed by atoms with E-state index in [0.717, 1.165) is 25.5 Å². The Hall–Kier alpha value is -1.32. The van der Waals surface area contributed by atoms with Crippen LogP contribution < -0.4 is 0 Å². The second kappa shape index (κ2) is 3.92. The number of ether oxygens (including phenoxy) is 2. The van der Waals surface area contributed by atoms with Crippen LogP contribution in [0.15, 0.2) is 12.8 Å². The highest BCUT2D eigenvalue weighted by atomic mass is 16.6. The molecular formula is C12H16O4. The molecule has 0 spiro atoms. The van der Waals surface area contributed by atoms with Crippen LogP contribution in [0, 0.1) is 11.8 Å². The van der Waals surface area contributed by atoms with E-state index in [1.165, 1.54) is 0 Å². The van der Waals surface area contributed by atoms with Gasteiger partial charge in [0.2, 0.25) is 0 Å². The molecule has 0 saturated heterocycles. The van der Waals surface area contributed by atoms with Crippen LogP contribution in [0.5, 0.6) is 0 Å². The molecule has 4 heteroatoms. The van der Waals surface area contributed by atoms with E-state index >= 15 is 0 Å². The van der Waals surface area contributed by atoms with Gasteiger partial charge in [0.25, 0.3) is 0 Å². The monoisotopic (exact) mass is 224 g/mol. The molecule has 2 atom stereocenters. The molecular weight excluding hydrogens is 208 g/mol. The first kappa shape index (κ1) is 11.2. The van der Waals surface area contributed by atoms with Crippen molar-refractivity contribution in [1.29, 1.82) is 0 Å². The average molecular weight is 224 g/mol. The predicted molar refractivity (Wildman–Crippen MR) is 56.2 cm³/mol. The first-order valence-corrected chi connectivity index (χ1v) is 5.60. The third-order valence-corrected chi connectivity index (χ3v) is 3.35. The number of esters is 2. The van der Waals surface area contributed by atoms with Crippen LogP contribution >= 0.6 is 0 Å². The lowest BCUT2D eigenvalue weighted by Crippen LogP contribution is -2.39. The van der Waals surface area contributed by atoms with Gasteiger partial charge in [0.1, 0.15) is 5.60 Å². The fourth-order valence-corrected chi connectivity index (χ4v) is 1.98. The van der Waals surface area contributed by atoms with Gasteiger partial charge in [0.05, 0.1) is 18.1 Å². The summed E-state index contributed by atoms with van der Waals surface area (Å²) in [6, 6.07) is 0. The van der Waals surface area contributed by atoms with Crippen LogP contribution in [0.25, 0.3) is 0 Å². The number of rotatable bonds is 4. The zero-order valence-corrected chi connectivity index (χ0v) is 9.40. The number of carbonyl (C=O) groups is 2. The van der Waals surface area contributed by atoms with Crippen molar-refractivity contribution in [2.24, 2.45) is 11.8 Å². The van der Waals surface area contributed by atoms with E-state index in [1.807, 2.05) is 6.92 Å². The molecule has 0 aromatic heterocycles. The van der Waals surface area contributed by atoms with Crippen molar-refractivity contribution in [1.82, 2.24) is 0 Å². The van der Waals surface area contributed by atoms with Gasteiger partial charge >= 0.3 is 11.9 Å². The van der Waals surface area contributed by atoms with Crippen molar-refractivity contribution in [3.63, 3.8) is 0 Å². The SMILES string of the molecule is C=COC(=O)C1CC1C(=O)OC1(C)CCC1. The van der Waals surface area contributed by atoms with Crippen LogP contribution in [-0.2, 0) is 19.1 Å². The maximum absolute atomic E-state index is 11.7. The molecule has 0 heterocycles. The first-order chi connectivity index (χ1) is 7.56. The average Bonchev–Trinajstić information content (AvgIpc) is 2.95. The summed E-state index contributed by atoms with van der Waals surface area (Å²) in [5.74, 6) is -1.26. The van der Waals surface area contributed by atoms with Crippen molar-refractivity contribution < 1.29 is 19.1 Å². The fourth-order valence-electron chi connectivity index (χ4n) is 1.98. The molecule has 88 valence electrons. The first-order valence-electron chi connectivity index (χ1n) is 5.60. The van der Waals surface area contributed by atoms with Crippen LogP contribution in [0.3, 0.4) is 0 Å². The molecule has 0 bridgehead atoms. The van der Waals surface area contributed by atoms with Gasteiger partial charge < -0.3 is 9.47 Å². The maximum atomic E-state index is 11.7. The maximum Gasteiger partial charge on any atom is 0.314 e. The van der Waals surface area contributed by atoms with Crippen molar-refractivity contribution in [2.75, 3.05) is 0 Å². The van der Waals surface area contributed by atoms with Gasteiger partial charge in [-0.3, -0.25) is 9.59 Å². The Morgan fingerprint density at radius 1 is 1.31 bits per heavy atom. The van der Waals surface area contributed by atoms with E-state index in [4.69, 9.17) is 4.74 Å². The van der Waals surface area contributed by atoms with Crippen LogP contribution in [-0.4, -0.2) is 17.5 Å². The minimum Gasteiger partial charge on any atom is -0.459 e. The molecule has 0 amide bonds. The van der Waals surface area contributed by atoms with Gasteiger partial charge in [0.15, 0.2) is 0 Å². The summed E-state index contributed by atoms with van der Waals surface area (Å²) in [4.78, 5) is 22.9. The molecule has 2 rings (SSSR count). The molecule has 2 fully saturated rings. The lowest BCUT2D eigenvalue weighted by molar-refractivity contribution is -0.169. The molecule has 16 heavy (non-hydrogen) atoms. The molecule has 4 nitrogen and oxygen atoms in total. The van der Waals surface area contributed by atoms with Crippen LogP contribution in [0.4, 0.5) is 0 Å². The number of hydrogen-bond acceptors (Lipinski definition) is 4. The fraction of sp³-hybridized carbons (Fsp3) is 0.667. The van der Waals surface area contributed by atoms with E-state index in [2.05, 4.69) is 11.3 Å². The second-order valence-electron chi connectivity index (χ2n) is 4.78. The largest absolute Gasteiger partial charge is 0.459 e. The molecule has 2 aliphatic rings. The Morgan fingerprint density at radius 2 is 1.94 bits per heavy atom. The summed E-state index contributed by atoms with van der Waals surface area (Å²) < 4.78 is 10.0. The Balaban J connectivity index is 1.80. The number of carbonyl (C=O) groups excluding carboxylic acids is 2. The topological polar surface area (TPSA) is 52.6 Å². The van der Waals surface area contributed by atoms with E-state index in [9.17, 15) is 9.59 Å². The highest BCUT2D eigenvalue weighted by molar-refractivity contribution is 5.87. The Morgan fingerprint density at radius 3 is 2.44 bits per heavy atom. The van der Waals surface area contributed by atoms with Crippen molar-refractivity contribution in [3.8, 4) is 0 Å². The van der Waals surface area contributed by atoms with Crippen molar-refractivity contribution >= 4 is 11.9 Å². The van der Waals surface area contributed by atoms with E-state index in [1.54, 1.807) is 0 Å². The molecule has 2 unspecified atom stereocenters. The van der Waals surface area contributed by atoms with E-state index < -0.39 is 0 Å². The smallest absolute Gasteiger partial charge is 0.314 e. The molecule has 2 saturated carbocycles. The van der Waals surface area contributed by atoms with Gasteiger partial charge in [-0.1, -0.05) is 6.58 Å². The molecule has 0 aromatic rings. The van der Waals surface area contributed by atoms with Crippen LogP contribution in [0.2, 0.25) is 0 Å². The second-order valence-corrected chi connectivity index (χ2v) is 4.78. The highest BCUT2D eigenvalue weighted by Gasteiger charge is 2.52. The quantitative estimate of drug-likeness (QED) is 0.539. The Labute approximate surface area is 94.6 Å². The van der Waals surface area contributed by atoms with Crippen molar-refractivity contribution in [3.05, 3.63) is 12.8 Å². The minimum absolute atomic E-state index is 0.256. The lowest BCUT2D eigenvalue weighted by Gasteiger charge is -2.37.